The van der Waals surface area contributed by atoms with Crippen LogP contribution in [0.25, 0.3) is 0 Å². The van der Waals surface area contributed by atoms with Crippen LogP contribution >= 0.6 is 18.7 Å². The molecule has 3 aromatic rings. The normalized spacial score (nSPS) is 18.3. The van der Waals surface area contributed by atoms with Crippen LogP contribution in [0.1, 0.15) is 56.2 Å². The van der Waals surface area contributed by atoms with Crippen LogP contribution in [0.2, 0.25) is 5.02 Å². The molecule has 0 spiro atoms. The van der Waals surface area contributed by atoms with Crippen LogP contribution in [0.15, 0.2) is 42.6 Å². The number of likely N-dealkylation sites (tertiary alicyclic amines) is 1. The molecule has 5 rings (SSSR count). The van der Waals surface area contributed by atoms with E-state index in [0.29, 0.717) is 28.5 Å². The molecule has 7 nitrogen and oxygen atoms in total. The van der Waals surface area contributed by atoms with E-state index in [9.17, 15) is 4.57 Å². The highest BCUT2D eigenvalue weighted by Crippen LogP contribution is 2.40. The largest absolute Gasteiger partial charge is 0.374 e. The number of halogens is 1. The van der Waals surface area contributed by atoms with Gasteiger partial charge in [-0.05, 0) is 120 Å². The topological polar surface area (TPSA) is 79.4 Å². The van der Waals surface area contributed by atoms with Gasteiger partial charge in [0.1, 0.15) is 12.2 Å². The van der Waals surface area contributed by atoms with Gasteiger partial charge in [-0.2, -0.15) is 4.98 Å². The lowest BCUT2D eigenvalue weighted by Gasteiger charge is -2.26. The van der Waals surface area contributed by atoms with Crippen LogP contribution in [0.5, 0.6) is 0 Å². The molecule has 0 radical (unpaired) electrons. The summed E-state index contributed by atoms with van der Waals surface area (Å²) >= 11 is 6.51. The Kier molecular flexibility index (Phi) is 8.58. The van der Waals surface area contributed by atoms with Crippen LogP contribution in [0.3, 0.4) is 0 Å². The molecule has 1 fully saturated rings. The number of anilines is 4. The van der Waals surface area contributed by atoms with Gasteiger partial charge in [-0.1, -0.05) is 23.7 Å². The predicted octanol–water partition coefficient (Wildman–Crippen LogP) is 7.09. The summed E-state index contributed by atoms with van der Waals surface area (Å²) in [4.78, 5) is 11.8. The van der Waals surface area contributed by atoms with E-state index in [0.717, 1.165) is 29.4 Å². The number of nitrogens with zero attached hydrogens (tertiary/aromatic N) is 3. The highest BCUT2D eigenvalue weighted by molar-refractivity contribution is 7.70. The summed E-state index contributed by atoms with van der Waals surface area (Å²) in [6, 6.07) is 13.1. The van der Waals surface area contributed by atoms with Crippen molar-refractivity contribution in [2.24, 2.45) is 0 Å². The maximum absolute atomic E-state index is 13.3. The second kappa shape index (κ2) is 11.8. The lowest BCUT2D eigenvalue weighted by Crippen LogP contribution is -2.32. The molecule has 0 amide bonds. The van der Waals surface area contributed by atoms with Crippen molar-refractivity contribution >= 4 is 47.2 Å². The van der Waals surface area contributed by atoms with Gasteiger partial charge in [-0.3, -0.25) is 0 Å². The molecule has 0 bridgehead atoms. The summed E-state index contributed by atoms with van der Waals surface area (Å²) in [5, 5.41) is 7.80. The summed E-state index contributed by atoms with van der Waals surface area (Å²) < 4.78 is 18.9. The van der Waals surface area contributed by atoms with Gasteiger partial charge in [0.05, 0.1) is 17.5 Å². The monoisotopic (exact) mass is 581 g/mol. The molecule has 1 aliphatic heterocycles. The first kappa shape index (κ1) is 29.1. The standard InChI is InChI=1S/C31H41ClN5O2P/c1-31(2,39-3)23-11-15-27(28(19-23)40(4,5)38)35-29-26(32)20-33-30(36-29)34-24-12-8-21-9-13-25(14-10-22(21)18-24)37-16-6-7-17-37/h8,11-12,15,18-20,25H,6-7,9-10,13-14,16-17H2,1-5H3,(H2,33,34,35,36). The Labute approximate surface area is 243 Å². The second-order valence-electron chi connectivity index (χ2n) is 11.9. The highest BCUT2D eigenvalue weighted by Gasteiger charge is 2.26. The number of ether oxygens (including phenoxy) is 1. The molecule has 1 unspecified atom stereocenters. The maximum Gasteiger partial charge on any atom is 0.229 e. The summed E-state index contributed by atoms with van der Waals surface area (Å²) in [5.41, 5.74) is 4.96. The van der Waals surface area contributed by atoms with Crippen molar-refractivity contribution in [2.75, 3.05) is 44.2 Å². The smallest absolute Gasteiger partial charge is 0.229 e. The zero-order valence-electron chi connectivity index (χ0n) is 24.3. The van der Waals surface area contributed by atoms with E-state index in [1.54, 1.807) is 26.6 Å². The first-order valence-corrected chi connectivity index (χ1v) is 17.2. The Morgan fingerprint density at radius 1 is 1.02 bits per heavy atom. The number of methoxy groups -OCH3 is 1. The molecule has 2 aliphatic rings. The molecule has 2 heterocycles. The molecule has 214 valence electrons. The summed E-state index contributed by atoms with van der Waals surface area (Å²) in [6.07, 6.45) is 8.93. The van der Waals surface area contributed by atoms with Gasteiger partial charge in [-0.15, -0.1) is 0 Å². The SMILES string of the molecule is COC(C)(C)c1ccc(Nc2nc(Nc3ccc4c(c3)CCC(N3CCCC3)CC4)ncc2Cl)c(P(C)(C)=O)c1. The van der Waals surface area contributed by atoms with Crippen molar-refractivity contribution in [1.82, 2.24) is 14.9 Å². The van der Waals surface area contributed by atoms with Crippen molar-refractivity contribution in [3.63, 3.8) is 0 Å². The first-order valence-electron chi connectivity index (χ1n) is 14.2. The number of hydrogen-bond donors (Lipinski definition) is 2. The van der Waals surface area contributed by atoms with Crippen molar-refractivity contribution in [3.8, 4) is 0 Å². The van der Waals surface area contributed by atoms with E-state index in [4.69, 9.17) is 16.3 Å². The van der Waals surface area contributed by atoms with Gasteiger partial charge in [0, 0.05) is 24.1 Å². The summed E-state index contributed by atoms with van der Waals surface area (Å²) in [5.74, 6) is 0.904. The molecule has 2 N–H and O–H groups in total. The Balaban J connectivity index is 1.35. The van der Waals surface area contributed by atoms with Crippen LogP contribution in [0, 0.1) is 0 Å². The first-order chi connectivity index (χ1) is 19.0. The minimum atomic E-state index is -2.63. The highest BCUT2D eigenvalue weighted by atomic mass is 35.5. The summed E-state index contributed by atoms with van der Waals surface area (Å²) in [7, 11) is -0.957. The zero-order valence-corrected chi connectivity index (χ0v) is 25.9. The average molecular weight is 582 g/mol. The lowest BCUT2D eigenvalue weighted by molar-refractivity contribution is 0.0193. The van der Waals surface area contributed by atoms with Crippen LogP contribution in [0.4, 0.5) is 23.1 Å². The lowest BCUT2D eigenvalue weighted by atomic mass is 9.98. The second-order valence-corrected chi connectivity index (χ2v) is 15.5. The maximum atomic E-state index is 13.3. The minimum absolute atomic E-state index is 0.384. The molecule has 40 heavy (non-hydrogen) atoms. The molecular formula is C31H41ClN5O2P. The van der Waals surface area contributed by atoms with E-state index in [1.165, 1.54) is 49.9 Å². The molecular weight excluding hydrogens is 541 g/mol. The number of fused-ring (bicyclic) bond motifs is 1. The average Bonchev–Trinajstić information content (AvgIpc) is 3.37. The van der Waals surface area contributed by atoms with Crippen LogP contribution in [-0.2, 0) is 27.7 Å². The fraction of sp³-hybridized carbons (Fsp3) is 0.484. The van der Waals surface area contributed by atoms with E-state index in [1.807, 2.05) is 32.0 Å². The molecule has 1 aromatic heterocycles. The van der Waals surface area contributed by atoms with Gasteiger partial charge in [0.2, 0.25) is 5.95 Å². The summed E-state index contributed by atoms with van der Waals surface area (Å²) in [6.45, 7) is 10.0. The number of nitrogens with one attached hydrogen (secondary N) is 2. The quantitative estimate of drug-likeness (QED) is 0.217. The molecule has 1 saturated heterocycles. The van der Waals surface area contributed by atoms with Gasteiger partial charge >= 0.3 is 0 Å². The van der Waals surface area contributed by atoms with Crippen molar-refractivity contribution < 1.29 is 9.30 Å². The number of rotatable bonds is 8. The van der Waals surface area contributed by atoms with Gasteiger partial charge in [0.15, 0.2) is 5.82 Å². The van der Waals surface area contributed by atoms with E-state index >= 15 is 0 Å². The number of aromatic nitrogens is 2. The number of hydrogen-bond acceptors (Lipinski definition) is 7. The van der Waals surface area contributed by atoms with Gasteiger partial charge in [0.25, 0.3) is 0 Å². The van der Waals surface area contributed by atoms with Gasteiger partial charge < -0.3 is 24.8 Å². The number of aryl methyl sites for hydroxylation is 2. The van der Waals surface area contributed by atoms with Crippen molar-refractivity contribution in [1.29, 1.82) is 0 Å². The van der Waals surface area contributed by atoms with Gasteiger partial charge in [-0.25, -0.2) is 4.98 Å². The molecule has 0 saturated carbocycles. The van der Waals surface area contributed by atoms with E-state index in [2.05, 4.69) is 43.7 Å². The Hall–Kier alpha value is -2.44. The fourth-order valence-electron chi connectivity index (χ4n) is 5.79. The van der Waals surface area contributed by atoms with E-state index < -0.39 is 12.7 Å². The molecule has 1 atom stereocenters. The third kappa shape index (κ3) is 6.54. The van der Waals surface area contributed by atoms with Crippen molar-refractivity contribution in [3.05, 3.63) is 64.3 Å². The predicted molar refractivity (Wildman–Crippen MR) is 167 cm³/mol. The minimum Gasteiger partial charge on any atom is -0.374 e. The zero-order chi connectivity index (χ0) is 28.5. The van der Waals surface area contributed by atoms with Crippen LogP contribution < -0.4 is 15.9 Å². The Bertz CT molecular complexity index is 1420. The Morgan fingerprint density at radius 2 is 1.75 bits per heavy atom. The molecule has 2 aromatic carbocycles. The number of benzene rings is 2. The third-order valence-electron chi connectivity index (χ3n) is 8.39. The molecule has 1 aliphatic carbocycles. The Morgan fingerprint density at radius 3 is 2.45 bits per heavy atom. The van der Waals surface area contributed by atoms with Crippen molar-refractivity contribution in [2.45, 2.75) is 64.0 Å². The van der Waals surface area contributed by atoms with Crippen LogP contribution in [-0.4, -0.2) is 54.4 Å². The van der Waals surface area contributed by atoms with E-state index in [-0.39, 0.29) is 0 Å². The molecule has 9 heteroatoms. The third-order valence-corrected chi connectivity index (χ3v) is 10.2. The fourth-order valence-corrected chi connectivity index (χ4v) is 7.09.